The molecule has 2 aliphatic heterocycles. The summed E-state index contributed by atoms with van der Waals surface area (Å²) in [6.07, 6.45) is 2.93. The molecule has 0 amide bonds. The predicted molar refractivity (Wildman–Crippen MR) is 98.1 cm³/mol. The fraction of sp³-hybridized carbons (Fsp3) is 0. The van der Waals surface area contributed by atoms with Crippen LogP contribution in [0.25, 0.3) is 0 Å². The molecule has 1 aromatic carbocycles. The third kappa shape index (κ3) is 2.39. The van der Waals surface area contributed by atoms with Crippen molar-refractivity contribution in [2.45, 2.75) is 0 Å². The number of hydrazine groups is 1. The van der Waals surface area contributed by atoms with Crippen LogP contribution < -0.4 is 9.90 Å². The van der Waals surface area contributed by atoms with Crippen LogP contribution in [0.2, 0.25) is 0 Å². The number of hydrogen-bond donors (Lipinski definition) is 1. The van der Waals surface area contributed by atoms with Crippen molar-refractivity contribution >= 4 is 30.3 Å². The first-order valence-electron chi connectivity index (χ1n) is 8.41. The molecule has 0 atom stereocenters. The smallest absolute Gasteiger partial charge is 0.414 e. The molecule has 2 aliphatic rings. The van der Waals surface area contributed by atoms with E-state index in [1.807, 2.05) is 12.1 Å². The second kappa shape index (κ2) is 5.70. The predicted octanol–water partition coefficient (Wildman–Crippen LogP) is 2.58. The van der Waals surface area contributed by atoms with E-state index in [1.54, 1.807) is 54.7 Å². The van der Waals surface area contributed by atoms with E-state index in [4.69, 9.17) is 0 Å². The minimum Gasteiger partial charge on any atom is -0.414 e. The molecule has 4 heterocycles. The Kier molecular flexibility index (Phi) is 3.30. The first-order chi connectivity index (χ1) is 13.1. The number of halogens is 2. The van der Waals surface area contributed by atoms with E-state index in [1.165, 1.54) is 6.20 Å². The third-order valence-corrected chi connectivity index (χ3v) is 4.49. The van der Waals surface area contributed by atoms with E-state index in [0.717, 1.165) is 9.40 Å². The lowest BCUT2D eigenvalue weighted by molar-refractivity contribution is -0.562. The number of rotatable bonds is 1. The molecule has 9 heteroatoms. The Labute approximate surface area is 153 Å². The van der Waals surface area contributed by atoms with E-state index in [0.29, 0.717) is 22.8 Å². The summed E-state index contributed by atoms with van der Waals surface area (Å²) in [6.45, 7) is -4.15. The van der Waals surface area contributed by atoms with Crippen molar-refractivity contribution in [1.82, 2.24) is 15.3 Å². The fourth-order valence-corrected chi connectivity index (χ4v) is 3.24. The highest BCUT2D eigenvalue weighted by Crippen LogP contribution is 2.28. The number of fused-ring (bicyclic) bond motifs is 4. The van der Waals surface area contributed by atoms with Crippen LogP contribution in [0.4, 0.5) is 20.3 Å². The number of aliphatic imine (C=N–C) groups is 2. The Morgan fingerprint density at radius 2 is 1.74 bits per heavy atom. The summed E-state index contributed by atoms with van der Waals surface area (Å²) in [4.78, 5) is 13.9. The molecule has 2 aromatic heterocycles. The first-order valence-corrected chi connectivity index (χ1v) is 8.41. The van der Waals surface area contributed by atoms with E-state index in [-0.39, 0.29) is 11.7 Å². The van der Waals surface area contributed by atoms with Gasteiger partial charge in [0, 0.05) is 24.0 Å². The zero-order chi connectivity index (χ0) is 18.4. The summed E-state index contributed by atoms with van der Waals surface area (Å²) in [5.74, 6) is 1.10. The molecular formula is C18H13BF2N6. The van der Waals surface area contributed by atoms with Gasteiger partial charge in [-0.25, -0.2) is 9.98 Å². The van der Waals surface area contributed by atoms with Gasteiger partial charge >= 0.3 is 6.97 Å². The SMILES string of the molecule is F[B-]1(F)N2N/C(=N\c3ccccn3)c3ccccc3C2=Nc2cccc[n+]21. The number of hydrogen-bond acceptors (Lipinski definition) is 4. The maximum Gasteiger partial charge on any atom is 0.656 e. The van der Waals surface area contributed by atoms with Gasteiger partial charge < -0.3 is 23.5 Å². The summed E-state index contributed by atoms with van der Waals surface area (Å²) >= 11 is 0. The molecule has 27 heavy (non-hydrogen) atoms. The van der Waals surface area contributed by atoms with Crippen molar-refractivity contribution in [1.29, 1.82) is 0 Å². The van der Waals surface area contributed by atoms with Crippen LogP contribution in [0.15, 0.2) is 83.0 Å². The number of nitrogens with one attached hydrogen (secondary N) is 1. The number of nitrogens with zero attached hydrogens (tertiary/aromatic N) is 5. The van der Waals surface area contributed by atoms with Crippen molar-refractivity contribution in [3.05, 3.63) is 84.2 Å². The maximum atomic E-state index is 15.3. The lowest BCUT2D eigenvalue weighted by atomic mass is 9.89. The molecule has 132 valence electrons. The third-order valence-electron chi connectivity index (χ3n) is 4.49. The molecule has 3 aromatic rings. The molecular weight excluding hydrogens is 349 g/mol. The average molecular weight is 362 g/mol. The number of amidine groups is 2. The summed E-state index contributed by atoms with van der Waals surface area (Å²) < 4.78 is 31.4. The highest BCUT2D eigenvalue weighted by atomic mass is 19.2. The van der Waals surface area contributed by atoms with E-state index in [9.17, 15) is 0 Å². The molecule has 0 fully saturated rings. The lowest BCUT2D eigenvalue weighted by Gasteiger charge is -2.42. The van der Waals surface area contributed by atoms with Gasteiger partial charge in [-0.05, 0) is 29.3 Å². The number of benzene rings is 1. The van der Waals surface area contributed by atoms with Crippen molar-refractivity contribution in [3.63, 3.8) is 0 Å². The average Bonchev–Trinajstić information content (AvgIpc) is 2.70. The number of aromatic nitrogens is 2. The van der Waals surface area contributed by atoms with Crippen molar-refractivity contribution in [2.24, 2.45) is 9.98 Å². The maximum absolute atomic E-state index is 15.3. The molecule has 0 aliphatic carbocycles. The van der Waals surface area contributed by atoms with Gasteiger partial charge in [0.1, 0.15) is 0 Å². The fourth-order valence-electron chi connectivity index (χ4n) is 3.24. The standard InChI is InChI=1S/C18H13BF2N6/c20-19(21)26-12-6-4-10-16(26)24-18-14-8-2-1-7-13(14)17(25-27(18)19)23-15-9-3-5-11-22-15/h1-12H,(H,22,23,25). The van der Waals surface area contributed by atoms with Crippen LogP contribution in [0, 0.1) is 0 Å². The van der Waals surface area contributed by atoms with Gasteiger partial charge in [0.05, 0.1) is 5.56 Å². The van der Waals surface area contributed by atoms with Gasteiger partial charge in [0.25, 0.3) is 5.82 Å². The molecule has 0 saturated heterocycles. The van der Waals surface area contributed by atoms with Crippen LogP contribution in [0.1, 0.15) is 11.1 Å². The summed E-state index contributed by atoms with van der Waals surface area (Å²) in [5, 5.41) is 0. The molecule has 0 unspecified atom stereocenters. The molecule has 1 N–H and O–H groups in total. The Bertz CT molecular complexity index is 1100. The largest absolute Gasteiger partial charge is 0.656 e. The zero-order valence-electron chi connectivity index (χ0n) is 14.0. The zero-order valence-corrected chi connectivity index (χ0v) is 14.0. The van der Waals surface area contributed by atoms with Crippen LogP contribution >= 0.6 is 0 Å². The molecule has 0 radical (unpaired) electrons. The Balaban J connectivity index is 1.73. The normalized spacial score (nSPS) is 18.1. The summed E-state index contributed by atoms with van der Waals surface area (Å²) in [6, 6.07) is 17.3. The van der Waals surface area contributed by atoms with Gasteiger partial charge in [-0.2, -0.15) is 0 Å². The molecule has 0 bridgehead atoms. The minimum atomic E-state index is -4.15. The highest BCUT2D eigenvalue weighted by molar-refractivity contribution is 6.59. The Morgan fingerprint density at radius 1 is 0.963 bits per heavy atom. The van der Waals surface area contributed by atoms with E-state index >= 15 is 8.63 Å². The minimum absolute atomic E-state index is 0.168. The molecule has 6 nitrogen and oxygen atoms in total. The van der Waals surface area contributed by atoms with Gasteiger partial charge in [-0.15, -0.1) is 0 Å². The van der Waals surface area contributed by atoms with Crippen LogP contribution in [0.3, 0.4) is 0 Å². The van der Waals surface area contributed by atoms with Crippen LogP contribution in [-0.2, 0) is 0 Å². The monoisotopic (exact) mass is 362 g/mol. The first kappa shape index (κ1) is 15.6. The summed E-state index contributed by atoms with van der Waals surface area (Å²) in [5.41, 5.74) is 4.04. The Hall–Kier alpha value is -3.62. The van der Waals surface area contributed by atoms with Crippen LogP contribution in [-0.4, -0.2) is 28.5 Å². The van der Waals surface area contributed by atoms with Gasteiger partial charge in [0.15, 0.2) is 11.7 Å². The number of pyridine rings is 2. The second-order valence-corrected chi connectivity index (χ2v) is 6.17. The molecule has 0 spiro atoms. The Morgan fingerprint density at radius 3 is 2.56 bits per heavy atom. The topological polar surface area (TPSA) is 56.8 Å². The van der Waals surface area contributed by atoms with Gasteiger partial charge in [0.2, 0.25) is 5.84 Å². The van der Waals surface area contributed by atoms with Crippen molar-refractivity contribution < 1.29 is 13.1 Å². The van der Waals surface area contributed by atoms with Crippen LogP contribution in [0.5, 0.6) is 0 Å². The van der Waals surface area contributed by atoms with E-state index in [2.05, 4.69) is 20.4 Å². The summed E-state index contributed by atoms with van der Waals surface area (Å²) in [7, 11) is 0. The van der Waals surface area contributed by atoms with Gasteiger partial charge in [-0.3, -0.25) is 0 Å². The van der Waals surface area contributed by atoms with Gasteiger partial charge in [-0.1, -0.05) is 30.3 Å². The second-order valence-electron chi connectivity index (χ2n) is 6.17. The van der Waals surface area contributed by atoms with Crippen molar-refractivity contribution in [3.8, 4) is 0 Å². The molecule has 5 rings (SSSR count). The lowest BCUT2D eigenvalue weighted by Crippen LogP contribution is -2.77. The highest BCUT2D eigenvalue weighted by Gasteiger charge is 2.52. The van der Waals surface area contributed by atoms with Crippen molar-refractivity contribution in [2.75, 3.05) is 0 Å². The quantitative estimate of drug-likeness (QED) is 0.677. The molecule has 0 saturated carbocycles. The van der Waals surface area contributed by atoms with E-state index < -0.39 is 6.97 Å².